The Balaban J connectivity index is 1.18. The zero-order valence-corrected chi connectivity index (χ0v) is 28.4. The van der Waals surface area contributed by atoms with Gasteiger partial charge in [-0.25, -0.2) is 4.98 Å². The number of hydrogen-bond acceptors (Lipinski definition) is 5. The van der Waals surface area contributed by atoms with Gasteiger partial charge in [-0.15, -0.1) is 11.3 Å². The Bertz CT molecular complexity index is 2850. The van der Waals surface area contributed by atoms with Crippen LogP contribution in [-0.4, -0.2) is 29.1 Å². The van der Waals surface area contributed by atoms with Crippen molar-refractivity contribution in [1.82, 2.24) is 29.1 Å². The number of hydrogen-bond donors (Lipinski definition) is 0. The van der Waals surface area contributed by atoms with Crippen LogP contribution in [-0.2, 0) is 12.8 Å². The smallest absolute Gasteiger partial charge is 0.238 e. The van der Waals surface area contributed by atoms with Crippen molar-refractivity contribution in [3.8, 4) is 34.4 Å². The van der Waals surface area contributed by atoms with Gasteiger partial charge >= 0.3 is 0 Å². The first kappa shape index (κ1) is 28.6. The number of fused-ring (bicyclic) bond motifs is 10. The minimum atomic E-state index is 0.598. The lowest BCUT2D eigenvalue weighted by Gasteiger charge is -2.14. The minimum absolute atomic E-state index is 0.598. The van der Waals surface area contributed by atoms with Crippen LogP contribution in [0.4, 0.5) is 0 Å². The van der Waals surface area contributed by atoms with Gasteiger partial charge in [-0.2, -0.15) is 9.97 Å². The number of rotatable bonds is 4. The molecular formula is C44H30N6S. The highest BCUT2D eigenvalue weighted by molar-refractivity contribution is 7.21. The Labute approximate surface area is 297 Å². The number of allylic oxidation sites excluding steroid dienone is 2. The third kappa shape index (κ3) is 4.34. The molecular weight excluding hydrogens is 645 g/mol. The summed E-state index contributed by atoms with van der Waals surface area (Å²) in [4.78, 5) is 21.6. The molecule has 0 aliphatic heterocycles. The van der Waals surface area contributed by atoms with Gasteiger partial charge in [-0.05, 0) is 61.6 Å². The SMILES string of the molecule is C1=Cc2sc3c(ncc4c5c(n(-c6ccc7c(c6)c6ccccc6n7-c6nc(-c7ccccc7)nc(-c7ccccc7)n6)c43)CCC=C5)c2CC1. The van der Waals surface area contributed by atoms with Crippen molar-refractivity contribution in [2.75, 3.05) is 0 Å². The molecule has 0 unspecified atom stereocenters. The van der Waals surface area contributed by atoms with Crippen molar-refractivity contribution in [1.29, 1.82) is 0 Å². The Morgan fingerprint density at radius 2 is 1.31 bits per heavy atom. The molecule has 4 aromatic carbocycles. The first-order valence-electron chi connectivity index (χ1n) is 17.5. The zero-order chi connectivity index (χ0) is 33.5. The number of benzene rings is 4. The van der Waals surface area contributed by atoms with Gasteiger partial charge in [0.15, 0.2) is 11.6 Å². The van der Waals surface area contributed by atoms with Crippen LogP contribution in [0.3, 0.4) is 0 Å². The molecule has 2 aliphatic rings. The highest BCUT2D eigenvalue weighted by atomic mass is 32.1. The topological polar surface area (TPSA) is 61.4 Å². The standard InChI is InChI=1S/C44H30N6S/c1-3-13-27(14-4-1)42-46-43(28-15-5-2-6-16-28)48-44(47-42)50-36-21-11-7-17-30(36)33-25-29(23-24-37(33)50)49-35-20-10-8-18-31(35)34-26-45-39-32-19-9-12-22-38(32)51-41(39)40(34)49/h1-8,11-18,21-26H,9-10,19-20H2. The molecule has 5 aromatic heterocycles. The Kier molecular flexibility index (Phi) is 6.27. The van der Waals surface area contributed by atoms with E-state index in [0.29, 0.717) is 17.6 Å². The van der Waals surface area contributed by atoms with E-state index in [0.717, 1.165) is 69.8 Å². The molecule has 0 fully saturated rings. The van der Waals surface area contributed by atoms with E-state index in [2.05, 4.69) is 106 Å². The normalized spacial score (nSPS) is 13.8. The third-order valence-electron chi connectivity index (χ3n) is 10.4. The molecule has 7 heteroatoms. The molecule has 11 rings (SSSR count). The fraction of sp³-hybridized carbons (Fsp3) is 0.0909. The fourth-order valence-electron chi connectivity index (χ4n) is 8.06. The van der Waals surface area contributed by atoms with Crippen molar-refractivity contribution in [3.63, 3.8) is 0 Å². The lowest BCUT2D eigenvalue weighted by atomic mass is 10.0. The minimum Gasteiger partial charge on any atom is -0.311 e. The summed E-state index contributed by atoms with van der Waals surface area (Å²) >= 11 is 1.89. The average molecular weight is 675 g/mol. The largest absolute Gasteiger partial charge is 0.311 e. The summed E-state index contributed by atoms with van der Waals surface area (Å²) in [7, 11) is 0. The maximum Gasteiger partial charge on any atom is 0.238 e. The predicted molar refractivity (Wildman–Crippen MR) is 210 cm³/mol. The molecule has 0 N–H and O–H groups in total. The quantitative estimate of drug-likeness (QED) is 0.186. The summed E-state index contributed by atoms with van der Waals surface area (Å²) in [6.45, 7) is 0. The number of aromatic nitrogens is 6. The second-order valence-corrected chi connectivity index (χ2v) is 14.3. The number of pyridine rings is 1. The maximum atomic E-state index is 5.13. The van der Waals surface area contributed by atoms with E-state index >= 15 is 0 Å². The maximum absolute atomic E-state index is 5.13. The van der Waals surface area contributed by atoms with Crippen LogP contribution in [0.1, 0.15) is 34.5 Å². The van der Waals surface area contributed by atoms with Crippen LogP contribution in [0, 0.1) is 0 Å². The van der Waals surface area contributed by atoms with Gasteiger partial charge in [0, 0.05) is 55.3 Å². The Morgan fingerprint density at radius 1 is 0.608 bits per heavy atom. The van der Waals surface area contributed by atoms with Gasteiger partial charge in [-0.1, -0.05) is 97.1 Å². The molecule has 242 valence electrons. The van der Waals surface area contributed by atoms with E-state index in [1.165, 1.54) is 37.3 Å². The summed E-state index contributed by atoms with van der Waals surface area (Å²) in [5, 5.41) is 3.54. The molecule has 0 spiro atoms. The van der Waals surface area contributed by atoms with Gasteiger partial charge in [0.25, 0.3) is 0 Å². The molecule has 0 saturated carbocycles. The molecule has 0 saturated heterocycles. The number of aryl methyl sites for hydroxylation is 1. The molecule has 6 nitrogen and oxygen atoms in total. The Hall–Kier alpha value is -6.18. The van der Waals surface area contributed by atoms with Crippen LogP contribution in [0.15, 0.2) is 121 Å². The van der Waals surface area contributed by atoms with Crippen molar-refractivity contribution in [3.05, 3.63) is 143 Å². The summed E-state index contributed by atoms with van der Waals surface area (Å²) in [6, 6.07) is 35.8. The number of nitrogens with zero attached hydrogens (tertiary/aromatic N) is 6. The van der Waals surface area contributed by atoms with Crippen LogP contribution in [0.5, 0.6) is 0 Å². The molecule has 0 bridgehead atoms. The fourth-order valence-corrected chi connectivity index (χ4v) is 9.34. The summed E-state index contributed by atoms with van der Waals surface area (Å²) in [5.41, 5.74) is 11.6. The first-order valence-corrected chi connectivity index (χ1v) is 18.3. The molecule has 9 aromatic rings. The van der Waals surface area contributed by atoms with Crippen molar-refractivity contribution < 1.29 is 0 Å². The van der Waals surface area contributed by atoms with Crippen LogP contribution in [0.25, 0.3) is 89.5 Å². The lowest BCUT2D eigenvalue weighted by Crippen LogP contribution is -2.06. The summed E-state index contributed by atoms with van der Waals surface area (Å²) < 4.78 is 6.00. The molecule has 0 atom stereocenters. The van der Waals surface area contributed by atoms with E-state index < -0.39 is 0 Å². The highest BCUT2D eigenvalue weighted by Crippen LogP contribution is 2.44. The molecule has 51 heavy (non-hydrogen) atoms. The zero-order valence-electron chi connectivity index (χ0n) is 27.6. The number of para-hydroxylation sites is 1. The first-order chi connectivity index (χ1) is 25.3. The number of thiophene rings is 1. The van der Waals surface area contributed by atoms with E-state index in [-0.39, 0.29) is 0 Å². The van der Waals surface area contributed by atoms with Gasteiger partial charge < -0.3 is 4.57 Å². The van der Waals surface area contributed by atoms with Crippen LogP contribution >= 0.6 is 11.3 Å². The summed E-state index contributed by atoms with van der Waals surface area (Å²) in [5.74, 6) is 1.89. The van der Waals surface area contributed by atoms with Gasteiger partial charge in [0.1, 0.15) is 0 Å². The van der Waals surface area contributed by atoms with E-state index in [1.54, 1.807) is 0 Å². The van der Waals surface area contributed by atoms with Crippen molar-refractivity contribution in [2.24, 2.45) is 0 Å². The molecule has 2 aliphatic carbocycles. The molecule has 0 radical (unpaired) electrons. The highest BCUT2D eigenvalue weighted by Gasteiger charge is 2.25. The van der Waals surface area contributed by atoms with E-state index in [1.807, 2.05) is 47.7 Å². The second-order valence-electron chi connectivity index (χ2n) is 13.3. The van der Waals surface area contributed by atoms with E-state index in [9.17, 15) is 0 Å². The summed E-state index contributed by atoms with van der Waals surface area (Å²) in [6.07, 6.45) is 15.4. The molecule has 0 amide bonds. The molecule has 5 heterocycles. The van der Waals surface area contributed by atoms with Crippen LogP contribution in [0.2, 0.25) is 0 Å². The predicted octanol–water partition coefficient (Wildman–Crippen LogP) is 10.8. The monoisotopic (exact) mass is 674 g/mol. The van der Waals surface area contributed by atoms with Gasteiger partial charge in [0.05, 0.1) is 26.8 Å². The lowest BCUT2D eigenvalue weighted by molar-refractivity contribution is 0.890. The van der Waals surface area contributed by atoms with E-state index in [4.69, 9.17) is 19.9 Å². The van der Waals surface area contributed by atoms with Gasteiger partial charge in [0.2, 0.25) is 5.95 Å². The van der Waals surface area contributed by atoms with Crippen LogP contribution < -0.4 is 0 Å². The second kappa shape index (κ2) is 11.2. The van der Waals surface area contributed by atoms with Crippen molar-refractivity contribution >= 4 is 66.4 Å². The average Bonchev–Trinajstić information content (AvgIpc) is 3.86. The third-order valence-corrected chi connectivity index (χ3v) is 11.6. The van der Waals surface area contributed by atoms with Crippen molar-refractivity contribution in [2.45, 2.75) is 25.7 Å². The Morgan fingerprint density at radius 3 is 2.12 bits per heavy atom. The van der Waals surface area contributed by atoms with Gasteiger partial charge in [-0.3, -0.25) is 9.55 Å².